The van der Waals surface area contributed by atoms with Crippen LogP contribution < -0.4 is 19.6 Å². The van der Waals surface area contributed by atoms with Gasteiger partial charge in [0.25, 0.3) is 5.91 Å². The molecule has 0 unspecified atom stereocenters. The molecule has 0 aliphatic rings. The van der Waals surface area contributed by atoms with Crippen LogP contribution in [0.1, 0.15) is 40.9 Å². The molecule has 8 heteroatoms. The number of carbonyl (C=O) groups excluding carboxylic acids is 1. The minimum atomic E-state index is -0.364. The van der Waals surface area contributed by atoms with Gasteiger partial charge < -0.3 is 14.2 Å². The molecule has 0 bridgehead atoms. The maximum Gasteiger partial charge on any atom is 0.271 e. The Morgan fingerprint density at radius 1 is 0.941 bits per heavy atom. The number of hydrogen-bond acceptors (Lipinski definition) is 5. The van der Waals surface area contributed by atoms with Crippen LogP contribution in [0.3, 0.4) is 0 Å². The first-order valence-electron chi connectivity index (χ1n) is 10.8. The first-order chi connectivity index (χ1) is 16.4. The van der Waals surface area contributed by atoms with E-state index in [1.54, 1.807) is 24.4 Å². The molecule has 0 atom stereocenters. The van der Waals surface area contributed by atoms with Crippen LogP contribution in [-0.4, -0.2) is 25.3 Å². The summed E-state index contributed by atoms with van der Waals surface area (Å²) in [6.45, 7) is 7.19. The zero-order valence-electron chi connectivity index (χ0n) is 19.2. The third-order valence-corrected chi connectivity index (χ3v) is 5.76. The van der Waals surface area contributed by atoms with Crippen molar-refractivity contribution in [1.82, 2.24) is 5.43 Å². The number of amides is 1. The third kappa shape index (κ3) is 7.08. The number of nitrogens with one attached hydrogen (secondary N) is 1. The first-order valence-corrected chi connectivity index (χ1v) is 12.4. The molecule has 6 nitrogen and oxygen atoms in total. The number of nitrogens with zero attached hydrogens (tertiary/aromatic N) is 1. The lowest BCUT2D eigenvalue weighted by molar-refractivity contribution is 0.0954. The second-order valence-corrected chi connectivity index (χ2v) is 9.08. The molecule has 0 fully saturated rings. The van der Waals surface area contributed by atoms with Crippen LogP contribution in [0, 0.1) is 6.92 Å². The predicted molar refractivity (Wildman–Crippen MR) is 141 cm³/mol. The highest BCUT2D eigenvalue weighted by molar-refractivity contribution is 9.11. The highest BCUT2D eigenvalue weighted by Gasteiger charge is 2.12. The lowest BCUT2D eigenvalue weighted by Gasteiger charge is -2.13. The molecule has 0 aliphatic heterocycles. The number of rotatable bonds is 10. The molecule has 0 aliphatic carbocycles. The predicted octanol–water partition coefficient (Wildman–Crippen LogP) is 6.66. The first kappa shape index (κ1) is 25.8. The maximum absolute atomic E-state index is 12.6. The van der Waals surface area contributed by atoms with Crippen molar-refractivity contribution in [3.05, 3.63) is 85.8 Å². The van der Waals surface area contributed by atoms with Crippen LogP contribution in [0.15, 0.2) is 68.6 Å². The Morgan fingerprint density at radius 2 is 1.65 bits per heavy atom. The number of benzene rings is 3. The summed E-state index contributed by atoms with van der Waals surface area (Å²) in [5.41, 5.74) is 5.92. The Morgan fingerprint density at radius 3 is 2.35 bits per heavy atom. The van der Waals surface area contributed by atoms with E-state index in [9.17, 15) is 4.79 Å². The summed E-state index contributed by atoms with van der Waals surface area (Å²) in [4.78, 5) is 12.6. The number of carbonyl (C=O) groups is 1. The molecule has 1 N–H and O–H groups in total. The average Bonchev–Trinajstić information content (AvgIpc) is 2.81. The van der Waals surface area contributed by atoms with E-state index in [1.165, 1.54) is 5.56 Å². The molecule has 3 rings (SSSR count). The summed E-state index contributed by atoms with van der Waals surface area (Å²) in [5.74, 6) is 1.38. The Labute approximate surface area is 216 Å². The number of halogens is 2. The number of ether oxygens (including phenoxy) is 3. The van der Waals surface area contributed by atoms with Gasteiger partial charge in [0.1, 0.15) is 12.4 Å². The fraction of sp³-hybridized carbons (Fsp3) is 0.231. The zero-order chi connectivity index (χ0) is 24.5. The number of hydrazone groups is 1. The van der Waals surface area contributed by atoms with Crippen LogP contribution in [0.5, 0.6) is 17.2 Å². The summed E-state index contributed by atoms with van der Waals surface area (Å²) in [5, 5.41) is 4.14. The third-order valence-electron chi connectivity index (χ3n) is 4.72. The van der Waals surface area contributed by atoms with Crippen molar-refractivity contribution >= 4 is 44.0 Å². The normalized spacial score (nSPS) is 10.9. The second kappa shape index (κ2) is 12.6. The lowest BCUT2D eigenvalue weighted by Crippen LogP contribution is -2.18. The topological polar surface area (TPSA) is 69.2 Å². The Kier molecular flexibility index (Phi) is 9.53. The van der Waals surface area contributed by atoms with Gasteiger partial charge in [-0.3, -0.25) is 4.79 Å². The SMILES string of the molecule is CCOc1ccc(C(=O)N/N=C/c2cc(Br)cc(Br)c2OCc2ccc(C)cc2)cc1OCC. The molecular formula is C26H26Br2N2O4. The fourth-order valence-corrected chi connectivity index (χ4v) is 4.46. The van der Waals surface area contributed by atoms with E-state index in [2.05, 4.69) is 42.4 Å². The van der Waals surface area contributed by atoms with Gasteiger partial charge in [0.15, 0.2) is 11.5 Å². The van der Waals surface area contributed by atoms with Gasteiger partial charge in [0.2, 0.25) is 0 Å². The summed E-state index contributed by atoms with van der Waals surface area (Å²) < 4.78 is 18.8. The molecule has 34 heavy (non-hydrogen) atoms. The van der Waals surface area contributed by atoms with E-state index in [0.29, 0.717) is 48.2 Å². The van der Waals surface area contributed by atoms with Crippen molar-refractivity contribution < 1.29 is 19.0 Å². The van der Waals surface area contributed by atoms with Gasteiger partial charge in [-0.25, -0.2) is 5.43 Å². The van der Waals surface area contributed by atoms with Gasteiger partial charge in [-0.15, -0.1) is 0 Å². The number of aryl methyl sites for hydroxylation is 1. The van der Waals surface area contributed by atoms with Gasteiger partial charge >= 0.3 is 0 Å². The van der Waals surface area contributed by atoms with E-state index in [-0.39, 0.29) is 5.91 Å². The highest BCUT2D eigenvalue weighted by atomic mass is 79.9. The number of hydrogen-bond donors (Lipinski definition) is 1. The molecule has 0 radical (unpaired) electrons. The fourth-order valence-electron chi connectivity index (χ4n) is 3.09. The van der Waals surface area contributed by atoms with Crippen LogP contribution in [0.2, 0.25) is 0 Å². The molecule has 0 spiro atoms. The van der Waals surface area contributed by atoms with Crippen LogP contribution in [0.25, 0.3) is 0 Å². The van der Waals surface area contributed by atoms with Crippen LogP contribution in [0.4, 0.5) is 0 Å². The van der Waals surface area contributed by atoms with Crippen molar-refractivity contribution in [3.63, 3.8) is 0 Å². The molecule has 1 amide bonds. The highest BCUT2D eigenvalue weighted by Crippen LogP contribution is 2.33. The Hall–Kier alpha value is -2.84. The Balaban J connectivity index is 1.74. The summed E-state index contributed by atoms with van der Waals surface area (Å²) in [6.07, 6.45) is 1.55. The minimum Gasteiger partial charge on any atom is -0.490 e. The summed E-state index contributed by atoms with van der Waals surface area (Å²) >= 11 is 7.04. The van der Waals surface area contributed by atoms with Crippen LogP contribution >= 0.6 is 31.9 Å². The molecule has 0 aromatic heterocycles. The van der Waals surface area contributed by atoms with Gasteiger partial charge in [-0.1, -0.05) is 45.8 Å². The molecule has 178 valence electrons. The lowest BCUT2D eigenvalue weighted by atomic mass is 10.1. The van der Waals surface area contributed by atoms with Gasteiger partial charge in [0, 0.05) is 15.6 Å². The van der Waals surface area contributed by atoms with E-state index >= 15 is 0 Å². The molecule has 0 heterocycles. The molecule has 0 saturated carbocycles. The van der Waals surface area contributed by atoms with Crippen molar-refractivity contribution in [3.8, 4) is 17.2 Å². The standard InChI is InChI=1S/C26H26Br2N2O4/c1-4-32-23-11-10-19(13-24(23)33-5-2)26(31)30-29-15-20-12-21(27)14-22(28)25(20)34-16-18-8-6-17(3)7-9-18/h6-15H,4-5,16H2,1-3H3,(H,30,31)/b29-15+. The second-order valence-electron chi connectivity index (χ2n) is 7.31. The molecular weight excluding hydrogens is 564 g/mol. The monoisotopic (exact) mass is 588 g/mol. The van der Waals surface area contributed by atoms with Crippen molar-refractivity contribution in [2.24, 2.45) is 5.10 Å². The zero-order valence-corrected chi connectivity index (χ0v) is 22.4. The van der Waals surface area contributed by atoms with Crippen LogP contribution in [-0.2, 0) is 6.61 Å². The maximum atomic E-state index is 12.6. The smallest absolute Gasteiger partial charge is 0.271 e. The van der Waals surface area contributed by atoms with Gasteiger partial charge in [-0.05, 0) is 72.6 Å². The van der Waals surface area contributed by atoms with Crippen molar-refractivity contribution in [1.29, 1.82) is 0 Å². The largest absolute Gasteiger partial charge is 0.490 e. The van der Waals surface area contributed by atoms with Gasteiger partial charge in [0.05, 0.1) is 23.9 Å². The van der Waals surface area contributed by atoms with E-state index in [0.717, 1.165) is 14.5 Å². The summed E-state index contributed by atoms with van der Waals surface area (Å²) in [6, 6.07) is 17.0. The quantitative estimate of drug-likeness (QED) is 0.212. The minimum absolute atomic E-state index is 0.364. The van der Waals surface area contributed by atoms with E-state index in [1.807, 2.05) is 57.2 Å². The van der Waals surface area contributed by atoms with E-state index in [4.69, 9.17) is 14.2 Å². The summed E-state index contributed by atoms with van der Waals surface area (Å²) in [7, 11) is 0. The van der Waals surface area contributed by atoms with Crippen molar-refractivity contribution in [2.75, 3.05) is 13.2 Å². The molecule has 0 saturated heterocycles. The molecule has 3 aromatic carbocycles. The average molecular weight is 590 g/mol. The van der Waals surface area contributed by atoms with Gasteiger partial charge in [-0.2, -0.15) is 5.10 Å². The van der Waals surface area contributed by atoms with E-state index < -0.39 is 0 Å². The van der Waals surface area contributed by atoms with Crippen molar-refractivity contribution in [2.45, 2.75) is 27.4 Å². The molecule has 3 aromatic rings. The Bertz CT molecular complexity index is 1160.